The quantitative estimate of drug-likeness (QED) is 0.108. The number of carbonyl (C=O) groups is 2. The second kappa shape index (κ2) is 17.0. The normalized spacial score (nSPS) is 13.9. The number of rotatable bonds is 14. The number of nitrogens with zero attached hydrogens (tertiary/aromatic N) is 3. The summed E-state index contributed by atoms with van der Waals surface area (Å²) in [5.74, 6) is -1.61. The van der Waals surface area contributed by atoms with E-state index in [2.05, 4.69) is 5.32 Å². The number of amides is 2. The number of hydrogen-bond acceptors (Lipinski definition) is 7. The van der Waals surface area contributed by atoms with Gasteiger partial charge < -0.3 is 15.0 Å². The lowest BCUT2D eigenvalue weighted by atomic mass is 9.94. The van der Waals surface area contributed by atoms with Gasteiger partial charge in [0.25, 0.3) is 15.7 Å². The van der Waals surface area contributed by atoms with Gasteiger partial charge in [0.1, 0.15) is 24.2 Å². The molecule has 1 N–H and O–H groups in total. The van der Waals surface area contributed by atoms with Crippen LogP contribution in [0.5, 0.6) is 5.75 Å². The topological polar surface area (TPSA) is 139 Å². The Balaban J connectivity index is 1.63. The lowest BCUT2D eigenvalue weighted by Crippen LogP contribution is -2.55. The maximum absolute atomic E-state index is 14.8. The van der Waals surface area contributed by atoms with E-state index in [9.17, 15) is 32.5 Å². The molecule has 0 unspecified atom stereocenters. The van der Waals surface area contributed by atoms with Crippen LogP contribution >= 0.6 is 11.6 Å². The largest absolute Gasteiger partial charge is 0.495 e. The van der Waals surface area contributed by atoms with Crippen molar-refractivity contribution in [3.8, 4) is 5.75 Å². The molecule has 1 aliphatic rings. The van der Waals surface area contributed by atoms with Gasteiger partial charge in [-0.15, -0.1) is 0 Å². The van der Waals surface area contributed by atoms with Crippen LogP contribution < -0.4 is 14.4 Å². The van der Waals surface area contributed by atoms with Crippen molar-refractivity contribution in [3.05, 3.63) is 129 Å². The third-order valence-corrected chi connectivity index (χ3v) is 11.1. The number of aryl methyl sites for hydroxylation is 1. The smallest absolute Gasteiger partial charge is 0.273 e. The van der Waals surface area contributed by atoms with Crippen molar-refractivity contribution in [3.63, 3.8) is 0 Å². The maximum Gasteiger partial charge on any atom is 0.273 e. The average molecular weight is 751 g/mol. The third kappa shape index (κ3) is 9.25. The van der Waals surface area contributed by atoms with Crippen molar-refractivity contribution >= 4 is 44.8 Å². The molecule has 4 aromatic rings. The molecule has 1 aliphatic carbocycles. The summed E-state index contributed by atoms with van der Waals surface area (Å²) in [6.45, 7) is 0.476. The van der Waals surface area contributed by atoms with Gasteiger partial charge in [-0.2, -0.15) is 0 Å². The molecular formula is C38H40ClFN4O7S. The van der Waals surface area contributed by atoms with E-state index in [1.807, 2.05) is 30.3 Å². The molecule has 4 aromatic carbocycles. The molecule has 0 saturated heterocycles. The van der Waals surface area contributed by atoms with Gasteiger partial charge in [0.2, 0.25) is 11.8 Å². The van der Waals surface area contributed by atoms with E-state index < -0.39 is 55.7 Å². The van der Waals surface area contributed by atoms with Gasteiger partial charge >= 0.3 is 0 Å². The number of carbonyl (C=O) groups excluding carboxylic acids is 2. The van der Waals surface area contributed by atoms with Gasteiger partial charge in [-0.3, -0.25) is 24.0 Å². The summed E-state index contributed by atoms with van der Waals surface area (Å²) >= 11 is 6.35. The molecule has 11 nitrogen and oxygen atoms in total. The van der Waals surface area contributed by atoms with Crippen molar-refractivity contribution in [1.29, 1.82) is 0 Å². The minimum Gasteiger partial charge on any atom is -0.495 e. The van der Waals surface area contributed by atoms with E-state index >= 15 is 0 Å². The number of sulfonamides is 1. The van der Waals surface area contributed by atoms with E-state index in [0.29, 0.717) is 5.56 Å². The highest BCUT2D eigenvalue weighted by atomic mass is 35.5. The molecule has 0 bridgehead atoms. The van der Waals surface area contributed by atoms with Crippen LogP contribution in [-0.4, -0.2) is 55.8 Å². The number of halogens is 2. The molecule has 1 atom stereocenters. The number of nitro benzene ring substituents is 1. The van der Waals surface area contributed by atoms with Crippen molar-refractivity contribution in [2.45, 2.75) is 69.0 Å². The van der Waals surface area contributed by atoms with Crippen molar-refractivity contribution in [2.75, 3.05) is 18.0 Å². The van der Waals surface area contributed by atoms with E-state index in [1.54, 1.807) is 0 Å². The lowest BCUT2D eigenvalue weighted by molar-refractivity contribution is -0.385. The Kier molecular flexibility index (Phi) is 12.5. The van der Waals surface area contributed by atoms with Crippen LogP contribution in [0.1, 0.15) is 48.8 Å². The summed E-state index contributed by atoms with van der Waals surface area (Å²) in [5, 5.41) is 15.1. The molecule has 0 heterocycles. The lowest BCUT2D eigenvalue weighted by Gasteiger charge is -2.35. The number of benzene rings is 4. The number of nitro groups is 1. The minimum atomic E-state index is -4.72. The van der Waals surface area contributed by atoms with Gasteiger partial charge in [-0.1, -0.05) is 79.4 Å². The fourth-order valence-electron chi connectivity index (χ4n) is 6.33. The predicted molar refractivity (Wildman–Crippen MR) is 196 cm³/mol. The Morgan fingerprint density at radius 2 is 1.67 bits per heavy atom. The second-order valence-electron chi connectivity index (χ2n) is 12.7. The van der Waals surface area contributed by atoms with Crippen molar-refractivity contribution in [2.24, 2.45) is 0 Å². The van der Waals surface area contributed by atoms with Gasteiger partial charge in [0.05, 0.1) is 22.6 Å². The summed E-state index contributed by atoms with van der Waals surface area (Å²) in [5.41, 5.74) is 0.980. The van der Waals surface area contributed by atoms with Crippen molar-refractivity contribution < 1.29 is 32.1 Å². The van der Waals surface area contributed by atoms with Crippen LogP contribution in [0, 0.1) is 22.9 Å². The van der Waals surface area contributed by atoms with E-state index in [-0.39, 0.29) is 41.0 Å². The van der Waals surface area contributed by atoms with Gasteiger partial charge in [0, 0.05) is 35.7 Å². The Labute approximate surface area is 307 Å². The molecule has 1 saturated carbocycles. The van der Waals surface area contributed by atoms with Crippen molar-refractivity contribution in [1.82, 2.24) is 10.2 Å². The summed E-state index contributed by atoms with van der Waals surface area (Å²) in [6, 6.07) is 21.1. The first-order valence-corrected chi connectivity index (χ1v) is 18.7. The highest BCUT2D eigenvalue weighted by molar-refractivity contribution is 7.92. The highest BCUT2D eigenvalue weighted by Crippen LogP contribution is 2.36. The predicted octanol–water partition coefficient (Wildman–Crippen LogP) is 6.99. The molecule has 1 fully saturated rings. The Hall–Kier alpha value is -5.01. The van der Waals surface area contributed by atoms with Crippen LogP contribution in [0.25, 0.3) is 0 Å². The SMILES string of the molecule is COc1ccc(Cl)cc1N(CC(=O)N(Cc1ccc(F)cc1)[C@@H](Cc1ccccc1)C(=O)NC1CCCCC1)S(=O)(=O)c1ccc(C)c([N+](=O)[O-])c1. The van der Waals surface area contributed by atoms with E-state index in [1.165, 1.54) is 73.5 Å². The number of hydrogen-bond donors (Lipinski definition) is 1. The maximum atomic E-state index is 14.8. The first kappa shape index (κ1) is 38.2. The zero-order valence-corrected chi connectivity index (χ0v) is 30.4. The van der Waals surface area contributed by atoms with Crippen LogP contribution in [0.2, 0.25) is 5.02 Å². The highest BCUT2D eigenvalue weighted by Gasteiger charge is 2.37. The standard InChI is InChI=1S/C38H40ClFN4O7S/c1-26-13-19-32(23-33(26)44(47)48)52(49,50)43(34-22-29(39)16-20-36(34)51-2)25-37(45)42(24-28-14-17-30(40)18-15-28)35(21-27-9-5-3-6-10-27)38(46)41-31-11-7-4-8-12-31/h3,5-6,9-10,13-20,22-23,31,35H,4,7-8,11-12,21,24-25H2,1-2H3,(H,41,46)/t35-/m0/s1. The molecule has 2 amide bonds. The van der Waals surface area contributed by atoms with Crippen LogP contribution in [-0.2, 0) is 32.6 Å². The van der Waals surface area contributed by atoms with E-state index in [0.717, 1.165) is 48.0 Å². The Morgan fingerprint density at radius 1 is 0.981 bits per heavy atom. The van der Waals surface area contributed by atoms with Crippen LogP contribution in [0.4, 0.5) is 15.8 Å². The molecule has 5 rings (SSSR count). The fourth-order valence-corrected chi connectivity index (χ4v) is 7.93. The first-order valence-electron chi connectivity index (χ1n) is 16.9. The average Bonchev–Trinajstić information content (AvgIpc) is 3.13. The minimum absolute atomic E-state index is 0.0587. The first-order chi connectivity index (χ1) is 24.9. The molecule has 0 spiro atoms. The zero-order valence-electron chi connectivity index (χ0n) is 28.8. The summed E-state index contributed by atoms with van der Waals surface area (Å²) in [6.07, 6.45) is 4.66. The second-order valence-corrected chi connectivity index (χ2v) is 15.0. The zero-order chi connectivity index (χ0) is 37.4. The summed E-state index contributed by atoms with van der Waals surface area (Å²) in [4.78, 5) is 41.0. The van der Waals surface area contributed by atoms with Gasteiger partial charge in [-0.05, 0) is 67.3 Å². The number of ether oxygens (including phenoxy) is 1. The van der Waals surface area contributed by atoms with E-state index in [4.69, 9.17) is 16.3 Å². The molecule has 0 aliphatic heterocycles. The van der Waals surface area contributed by atoms with Gasteiger partial charge in [-0.25, -0.2) is 12.8 Å². The number of anilines is 1. The molecule has 52 heavy (non-hydrogen) atoms. The Morgan fingerprint density at radius 3 is 2.33 bits per heavy atom. The van der Waals surface area contributed by atoms with Crippen LogP contribution in [0.3, 0.4) is 0 Å². The van der Waals surface area contributed by atoms with Crippen LogP contribution in [0.15, 0.2) is 95.9 Å². The third-order valence-electron chi connectivity index (χ3n) is 9.14. The van der Waals surface area contributed by atoms with Gasteiger partial charge in [0.15, 0.2) is 0 Å². The Bertz CT molecular complexity index is 2010. The molecular weight excluding hydrogens is 711 g/mol. The number of methoxy groups -OCH3 is 1. The summed E-state index contributed by atoms with van der Waals surface area (Å²) < 4.78 is 49.3. The molecule has 0 aromatic heterocycles. The summed E-state index contributed by atoms with van der Waals surface area (Å²) in [7, 11) is -3.40. The molecule has 0 radical (unpaired) electrons. The monoisotopic (exact) mass is 750 g/mol. The molecule has 274 valence electrons. The number of nitrogens with one attached hydrogen (secondary N) is 1. The fraction of sp³-hybridized carbons (Fsp3) is 0.316. The molecule has 14 heteroatoms.